The van der Waals surface area contributed by atoms with Gasteiger partial charge in [0.05, 0.1) is 0 Å². The number of phenols is 1. The molecule has 2 unspecified atom stereocenters. The lowest BCUT2D eigenvalue weighted by Crippen LogP contribution is -2.22. The molecule has 0 aliphatic heterocycles. The summed E-state index contributed by atoms with van der Waals surface area (Å²) in [5.41, 5.74) is 2.75. The van der Waals surface area contributed by atoms with Crippen molar-refractivity contribution in [2.75, 3.05) is 0 Å². The highest BCUT2D eigenvalue weighted by Crippen LogP contribution is 2.49. The molecule has 136 valence electrons. The molecule has 0 amide bonds. The van der Waals surface area contributed by atoms with Gasteiger partial charge in [0, 0.05) is 22.1 Å². The quantitative estimate of drug-likeness (QED) is 0.669. The Morgan fingerprint density at radius 3 is 2.20 bits per heavy atom. The van der Waals surface area contributed by atoms with Crippen LogP contribution in [0.4, 0.5) is 8.78 Å². The smallest absolute Gasteiger partial charge is 0.133 e. The number of rotatable bonds is 4. The number of phenolic OH excluding ortho intramolecular Hbond substituents is 1. The van der Waals surface area contributed by atoms with Crippen LogP contribution < -0.4 is 5.30 Å². The molecule has 2 atom stereocenters. The third kappa shape index (κ3) is 4.20. The standard InChI is InChI=1S/C21H27F2OP/c1-7-21(6,25-18-9-8-15(22)12-17(18)23)16-11-14(20(3,4)5)10-13(2)19(16)24/h8-12,24-25H,7H2,1-6H3. The molecule has 2 rings (SSSR count). The van der Waals surface area contributed by atoms with Crippen molar-refractivity contribution in [1.82, 2.24) is 0 Å². The second-order valence-corrected chi connectivity index (χ2v) is 9.77. The van der Waals surface area contributed by atoms with Crippen LogP contribution in [0, 0.1) is 18.6 Å². The highest BCUT2D eigenvalue weighted by Gasteiger charge is 2.31. The summed E-state index contributed by atoms with van der Waals surface area (Å²) in [4.78, 5) is 0. The summed E-state index contributed by atoms with van der Waals surface area (Å²) < 4.78 is 27.4. The lowest BCUT2D eigenvalue weighted by Gasteiger charge is -2.32. The van der Waals surface area contributed by atoms with Crippen molar-refractivity contribution in [3.63, 3.8) is 0 Å². The first-order valence-electron chi connectivity index (χ1n) is 8.55. The maximum Gasteiger partial charge on any atom is 0.133 e. The Balaban J connectivity index is 2.57. The highest BCUT2D eigenvalue weighted by molar-refractivity contribution is 7.48. The molecule has 0 spiro atoms. The van der Waals surface area contributed by atoms with Gasteiger partial charge in [0.15, 0.2) is 0 Å². The van der Waals surface area contributed by atoms with Crippen molar-refractivity contribution < 1.29 is 13.9 Å². The molecule has 25 heavy (non-hydrogen) atoms. The van der Waals surface area contributed by atoms with E-state index in [1.807, 2.05) is 32.9 Å². The fourth-order valence-electron chi connectivity index (χ4n) is 2.87. The molecular formula is C21H27F2OP. The van der Waals surface area contributed by atoms with E-state index in [0.29, 0.717) is 5.30 Å². The molecule has 0 heterocycles. The molecule has 1 nitrogen and oxygen atoms in total. The van der Waals surface area contributed by atoms with Crippen LogP contribution in [0.3, 0.4) is 0 Å². The molecule has 0 radical (unpaired) electrons. The van der Waals surface area contributed by atoms with Gasteiger partial charge in [-0.15, -0.1) is 0 Å². The van der Waals surface area contributed by atoms with Gasteiger partial charge in [-0.05, 0) is 42.0 Å². The van der Waals surface area contributed by atoms with Crippen LogP contribution in [0.25, 0.3) is 0 Å². The molecular weight excluding hydrogens is 337 g/mol. The monoisotopic (exact) mass is 364 g/mol. The average Bonchev–Trinajstić information content (AvgIpc) is 2.51. The van der Waals surface area contributed by atoms with Gasteiger partial charge >= 0.3 is 0 Å². The van der Waals surface area contributed by atoms with E-state index < -0.39 is 16.8 Å². The lowest BCUT2D eigenvalue weighted by atomic mass is 9.82. The minimum absolute atomic E-state index is 0.0495. The maximum atomic E-state index is 14.2. The summed E-state index contributed by atoms with van der Waals surface area (Å²) in [7, 11) is 0.0920. The van der Waals surface area contributed by atoms with E-state index in [2.05, 4.69) is 20.8 Å². The Morgan fingerprint density at radius 1 is 1.04 bits per heavy atom. The predicted octanol–water partition coefficient (Wildman–Crippen LogP) is 5.91. The van der Waals surface area contributed by atoms with Crippen LogP contribution >= 0.6 is 8.58 Å². The summed E-state index contributed by atoms with van der Waals surface area (Å²) in [5.74, 6) is -0.828. The zero-order chi connectivity index (χ0) is 19.0. The van der Waals surface area contributed by atoms with Crippen LogP contribution in [-0.2, 0) is 10.6 Å². The van der Waals surface area contributed by atoms with Crippen molar-refractivity contribution in [2.24, 2.45) is 0 Å². The topological polar surface area (TPSA) is 20.2 Å². The van der Waals surface area contributed by atoms with Crippen molar-refractivity contribution in [3.8, 4) is 5.75 Å². The van der Waals surface area contributed by atoms with Crippen molar-refractivity contribution in [3.05, 3.63) is 58.7 Å². The number of aryl methyl sites for hydroxylation is 1. The Morgan fingerprint density at radius 2 is 1.68 bits per heavy atom. The fraction of sp³-hybridized carbons (Fsp3) is 0.429. The first kappa shape index (κ1) is 19.8. The van der Waals surface area contributed by atoms with Crippen molar-refractivity contribution >= 4 is 13.9 Å². The minimum Gasteiger partial charge on any atom is -0.507 e. The molecule has 4 heteroatoms. The Labute approximate surface area is 151 Å². The summed E-state index contributed by atoms with van der Waals surface area (Å²) in [6.45, 7) is 12.4. The average molecular weight is 364 g/mol. The number of aromatic hydroxyl groups is 1. The molecule has 0 bridgehead atoms. The van der Waals surface area contributed by atoms with E-state index in [9.17, 15) is 13.9 Å². The van der Waals surface area contributed by atoms with E-state index >= 15 is 0 Å². The van der Waals surface area contributed by atoms with E-state index in [-0.39, 0.29) is 19.7 Å². The van der Waals surface area contributed by atoms with E-state index in [1.54, 1.807) is 0 Å². The fourth-order valence-corrected chi connectivity index (χ4v) is 4.32. The normalized spacial score (nSPS) is 14.9. The first-order chi connectivity index (χ1) is 11.5. The Hall–Kier alpha value is -1.47. The second kappa shape index (κ2) is 7.03. The van der Waals surface area contributed by atoms with Gasteiger partial charge in [-0.25, -0.2) is 8.78 Å². The Kier molecular flexibility index (Phi) is 5.59. The van der Waals surface area contributed by atoms with Crippen LogP contribution in [0.2, 0.25) is 0 Å². The molecule has 1 N–H and O–H groups in total. The molecule has 0 aromatic heterocycles. The van der Waals surface area contributed by atoms with E-state index in [4.69, 9.17) is 0 Å². The lowest BCUT2D eigenvalue weighted by molar-refractivity contribution is 0.450. The minimum atomic E-state index is -0.572. The molecule has 0 fully saturated rings. The third-order valence-electron chi connectivity index (χ3n) is 4.81. The summed E-state index contributed by atoms with van der Waals surface area (Å²) in [6, 6.07) is 7.78. The van der Waals surface area contributed by atoms with Gasteiger partial charge in [-0.2, -0.15) is 0 Å². The van der Waals surface area contributed by atoms with Crippen molar-refractivity contribution in [2.45, 2.75) is 58.5 Å². The van der Waals surface area contributed by atoms with Gasteiger partial charge in [-0.1, -0.05) is 55.3 Å². The van der Waals surface area contributed by atoms with Gasteiger partial charge in [0.25, 0.3) is 0 Å². The van der Waals surface area contributed by atoms with Crippen molar-refractivity contribution in [1.29, 1.82) is 0 Å². The van der Waals surface area contributed by atoms with Gasteiger partial charge in [0.1, 0.15) is 17.4 Å². The first-order valence-corrected chi connectivity index (χ1v) is 9.55. The van der Waals surface area contributed by atoms with Crippen LogP contribution in [0.1, 0.15) is 57.7 Å². The molecule has 0 saturated carbocycles. The predicted molar refractivity (Wildman–Crippen MR) is 103 cm³/mol. The molecule has 2 aromatic rings. The molecule has 0 aliphatic carbocycles. The number of halogens is 2. The third-order valence-corrected chi connectivity index (χ3v) is 6.66. The summed E-state index contributed by atoms with van der Waals surface area (Å²) in [6.07, 6.45) is 0.739. The summed E-state index contributed by atoms with van der Waals surface area (Å²) in [5, 5.41) is 10.8. The molecule has 0 saturated heterocycles. The van der Waals surface area contributed by atoms with Gasteiger partial charge in [0.2, 0.25) is 0 Å². The SMILES string of the molecule is CCC(C)(Pc1ccc(F)cc1F)c1cc(C(C)(C)C)cc(C)c1O. The summed E-state index contributed by atoms with van der Waals surface area (Å²) >= 11 is 0. The molecule has 0 aliphatic rings. The zero-order valence-electron chi connectivity index (χ0n) is 15.8. The van der Waals surface area contributed by atoms with Gasteiger partial charge in [-0.3, -0.25) is 0 Å². The van der Waals surface area contributed by atoms with Gasteiger partial charge < -0.3 is 5.11 Å². The number of hydrogen-bond acceptors (Lipinski definition) is 1. The zero-order valence-corrected chi connectivity index (χ0v) is 16.8. The number of benzene rings is 2. The van der Waals surface area contributed by atoms with Crippen LogP contribution in [0.5, 0.6) is 5.75 Å². The number of hydrogen-bond donors (Lipinski definition) is 1. The maximum absolute atomic E-state index is 14.2. The Bertz CT molecular complexity index is 780. The second-order valence-electron chi connectivity index (χ2n) is 7.87. The van der Waals surface area contributed by atoms with Crippen LogP contribution in [0.15, 0.2) is 30.3 Å². The van der Waals surface area contributed by atoms with E-state index in [0.717, 1.165) is 29.2 Å². The van der Waals surface area contributed by atoms with Crippen LogP contribution in [-0.4, -0.2) is 5.11 Å². The largest absolute Gasteiger partial charge is 0.507 e. The molecule has 2 aromatic carbocycles. The highest BCUT2D eigenvalue weighted by atomic mass is 31.1. The van der Waals surface area contributed by atoms with E-state index in [1.165, 1.54) is 12.1 Å².